The number of benzene rings is 2. The van der Waals surface area contributed by atoms with Crippen LogP contribution in [0, 0.1) is 18.3 Å². The minimum atomic E-state index is -0.0761. The fraction of sp³-hybridized carbons (Fsp3) is 0.158. The molecule has 6 heteroatoms. The van der Waals surface area contributed by atoms with E-state index >= 15 is 0 Å². The molecule has 0 atom stereocenters. The van der Waals surface area contributed by atoms with Crippen LogP contribution in [0.25, 0.3) is 22.7 Å². The second-order valence-corrected chi connectivity index (χ2v) is 6.45. The number of aryl methyl sites for hydroxylation is 1. The third kappa shape index (κ3) is 3.90. The number of allylic oxidation sites excluding steroid dienone is 1. The summed E-state index contributed by atoms with van der Waals surface area (Å²) in [4.78, 5) is 7.69. The van der Waals surface area contributed by atoms with Gasteiger partial charge in [0.05, 0.1) is 23.2 Å². The zero-order valence-electron chi connectivity index (χ0n) is 13.6. The number of nitriles is 1. The summed E-state index contributed by atoms with van der Waals surface area (Å²) in [6.45, 7) is 2.12. The fourth-order valence-corrected chi connectivity index (χ4v) is 2.86. The van der Waals surface area contributed by atoms with Gasteiger partial charge in [-0.25, -0.2) is 4.98 Å². The lowest BCUT2D eigenvalue weighted by atomic mass is 10.1. The smallest absolute Gasteiger partial charge is 0.149 e. The number of nitrogens with zero attached hydrogens (tertiary/aromatic N) is 2. The lowest BCUT2D eigenvalue weighted by molar-refractivity contribution is 0.201. The van der Waals surface area contributed by atoms with Gasteiger partial charge < -0.3 is 14.8 Å². The van der Waals surface area contributed by atoms with Gasteiger partial charge in [-0.15, -0.1) is 0 Å². The highest BCUT2D eigenvalue weighted by Crippen LogP contribution is 2.28. The molecule has 5 nitrogen and oxygen atoms in total. The predicted octanol–water partition coefficient (Wildman–Crippen LogP) is 4.07. The first kappa shape index (κ1) is 17.2. The number of halogens is 1. The largest absolute Gasteiger partial charge is 0.491 e. The van der Waals surface area contributed by atoms with Gasteiger partial charge in [0.1, 0.15) is 24.3 Å². The van der Waals surface area contributed by atoms with Crippen LogP contribution in [0.15, 0.2) is 40.9 Å². The molecule has 0 fully saturated rings. The van der Waals surface area contributed by atoms with E-state index in [-0.39, 0.29) is 13.2 Å². The van der Waals surface area contributed by atoms with Crippen LogP contribution in [-0.4, -0.2) is 28.3 Å². The van der Waals surface area contributed by atoms with E-state index in [0.717, 1.165) is 26.6 Å². The van der Waals surface area contributed by atoms with E-state index < -0.39 is 0 Å². The quantitative estimate of drug-likeness (QED) is 0.635. The third-order valence-electron chi connectivity index (χ3n) is 3.63. The van der Waals surface area contributed by atoms with Crippen molar-refractivity contribution in [2.45, 2.75) is 6.92 Å². The van der Waals surface area contributed by atoms with Gasteiger partial charge in [-0.3, -0.25) is 0 Å². The van der Waals surface area contributed by atoms with Gasteiger partial charge >= 0.3 is 0 Å². The molecule has 0 aliphatic heterocycles. The third-order valence-corrected chi connectivity index (χ3v) is 4.13. The van der Waals surface area contributed by atoms with Crippen molar-refractivity contribution in [2.75, 3.05) is 13.2 Å². The molecule has 3 rings (SSSR count). The molecule has 0 spiro atoms. The van der Waals surface area contributed by atoms with Crippen LogP contribution in [0.4, 0.5) is 0 Å². The van der Waals surface area contributed by atoms with E-state index in [1.54, 1.807) is 12.1 Å². The molecule has 126 valence electrons. The fourth-order valence-electron chi connectivity index (χ4n) is 2.48. The van der Waals surface area contributed by atoms with E-state index in [0.29, 0.717) is 17.1 Å². The second-order valence-electron chi connectivity index (χ2n) is 5.53. The number of aromatic nitrogens is 2. The van der Waals surface area contributed by atoms with E-state index in [1.807, 2.05) is 37.3 Å². The molecular weight excluding hydrogens is 382 g/mol. The molecule has 1 aromatic heterocycles. The van der Waals surface area contributed by atoms with Gasteiger partial charge in [-0.05, 0) is 48.9 Å². The first-order valence-corrected chi connectivity index (χ1v) is 8.52. The van der Waals surface area contributed by atoms with Crippen LogP contribution in [0.2, 0.25) is 0 Å². The standard InChI is InChI=1S/C19H16BrN3O2/c1-12-2-4-16-17(8-12)23-19(22-16)14(11-21)9-13-10-15(20)3-5-18(13)25-7-6-24/h2-5,8-10,24H,6-7H2,1H3,(H,22,23)/b14-9+. The van der Waals surface area contributed by atoms with Crippen LogP contribution in [0.5, 0.6) is 5.75 Å². The summed E-state index contributed by atoms with van der Waals surface area (Å²) < 4.78 is 6.41. The molecule has 0 saturated heterocycles. The topological polar surface area (TPSA) is 81.9 Å². The average molecular weight is 398 g/mol. The second kappa shape index (κ2) is 7.51. The number of rotatable bonds is 5. The van der Waals surface area contributed by atoms with Crippen molar-refractivity contribution in [1.82, 2.24) is 9.97 Å². The Morgan fingerprint density at radius 2 is 2.20 bits per heavy atom. The summed E-state index contributed by atoms with van der Waals surface area (Å²) in [6, 6.07) is 13.6. The van der Waals surface area contributed by atoms with Gasteiger partial charge in [-0.2, -0.15) is 5.26 Å². The maximum atomic E-state index is 9.59. The van der Waals surface area contributed by atoms with Crippen LogP contribution in [0.1, 0.15) is 17.0 Å². The van der Waals surface area contributed by atoms with Crippen molar-refractivity contribution in [2.24, 2.45) is 0 Å². The van der Waals surface area contributed by atoms with Gasteiger partial charge in [0.15, 0.2) is 0 Å². The number of imidazole rings is 1. The number of nitrogens with one attached hydrogen (secondary N) is 1. The zero-order chi connectivity index (χ0) is 17.8. The summed E-state index contributed by atoms with van der Waals surface area (Å²) in [7, 11) is 0. The Morgan fingerprint density at radius 3 is 2.96 bits per heavy atom. The van der Waals surface area contributed by atoms with E-state index in [2.05, 4.69) is 32.0 Å². The molecule has 0 saturated carbocycles. The highest BCUT2D eigenvalue weighted by molar-refractivity contribution is 9.10. The zero-order valence-corrected chi connectivity index (χ0v) is 15.2. The van der Waals surface area contributed by atoms with Gasteiger partial charge in [-0.1, -0.05) is 22.0 Å². The molecule has 0 amide bonds. The molecule has 0 aliphatic rings. The SMILES string of the molecule is Cc1ccc2nc(/C(C#N)=C/c3cc(Br)ccc3OCCO)[nH]c2c1. The molecule has 0 aliphatic carbocycles. The maximum absolute atomic E-state index is 9.59. The van der Waals surface area contributed by atoms with Crippen LogP contribution in [-0.2, 0) is 0 Å². The van der Waals surface area contributed by atoms with Crippen LogP contribution in [0.3, 0.4) is 0 Å². The average Bonchev–Trinajstić information content (AvgIpc) is 3.01. The number of aliphatic hydroxyl groups is 1. The molecule has 0 unspecified atom stereocenters. The normalized spacial score (nSPS) is 11.5. The number of fused-ring (bicyclic) bond motifs is 1. The number of aromatic amines is 1. The Labute approximate surface area is 153 Å². The Bertz CT molecular complexity index is 986. The van der Waals surface area contributed by atoms with Gasteiger partial charge in [0, 0.05) is 10.0 Å². The Kier molecular flexibility index (Phi) is 5.17. The van der Waals surface area contributed by atoms with Gasteiger partial charge in [0.25, 0.3) is 0 Å². The summed E-state index contributed by atoms with van der Waals surface area (Å²) in [5.74, 6) is 1.10. The molecule has 0 radical (unpaired) electrons. The monoisotopic (exact) mass is 397 g/mol. The number of hydrogen-bond acceptors (Lipinski definition) is 4. The highest BCUT2D eigenvalue weighted by atomic mass is 79.9. The van der Waals surface area contributed by atoms with Crippen molar-refractivity contribution in [3.8, 4) is 11.8 Å². The lowest BCUT2D eigenvalue weighted by Crippen LogP contribution is -2.02. The molecule has 1 heterocycles. The summed E-state index contributed by atoms with van der Waals surface area (Å²) in [5, 5.41) is 18.6. The maximum Gasteiger partial charge on any atom is 0.149 e. The minimum Gasteiger partial charge on any atom is -0.491 e. The first-order chi connectivity index (χ1) is 12.1. The van der Waals surface area contributed by atoms with E-state index in [9.17, 15) is 5.26 Å². The number of ether oxygens (including phenoxy) is 1. The molecule has 2 N–H and O–H groups in total. The summed E-state index contributed by atoms with van der Waals surface area (Å²) in [6.07, 6.45) is 1.72. The predicted molar refractivity (Wildman–Crippen MR) is 101 cm³/mol. The van der Waals surface area contributed by atoms with Crippen molar-refractivity contribution < 1.29 is 9.84 Å². The Balaban J connectivity index is 2.05. The van der Waals surface area contributed by atoms with Gasteiger partial charge in [0.2, 0.25) is 0 Å². The first-order valence-electron chi connectivity index (χ1n) is 7.72. The molecule has 3 aromatic rings. The molecular formula is C19H16BrN3O2. The minimum absolute atomic E-state index is 0.0761. The molecule has 0 bridgehead atoms. The summed E-state index contributed by atoms with van der Waals surface area (Å²) >= 11 is 3.43. The molecule has 2 aromatic carbocycles. The van der Waals surface area contributed by atoms with Crippen molar-refractivity contribution in [1.29, 1.82) is 5.26 Å². The van der Waals surface area contributed by atoms with Crippen molar-refractivity contribution in [3.05, 3.63) is 57.8 Å². The van der Waals surface area contributed by atoms with Crippen LogP contribution < -0.4 is 4.74 Å². The Hall–Kier alpha value is -2.62. The van der Waals surface area contributed by atoms with E-state index in [4.69, 9.17) is 9.84 Å². The summed E-state index contributed by atoms with van der Waals surface area (Å²) in [5.41, 5.74) is 3.96. The number of H-pyrrole nitrogens is 1. The lowest BCUT2D eigenvalue weighted by Gasteiger charge is -2.08. The van der Waals surface area contributed by atoms with Crippen molar-refractivity contribution in [3.63, 3.8) is 0 Å². The number of hydrogen-bond donors (Lipinski definition) is 2. The van der Waals surface area contributed by atoms with E-state index in [1.165, 1.54) is 0 Å². The highest BCUT2D eigenvalue weighted by Gasteiger charge is 2.10. The Morgan fingerprint density at radius 1 is 1.36 bits per heavy atom. The van der Waals surface area contributed by atoms with Crippen molar-refractivity contribution >= 4 is 38.6 Å². The van der Waals surface area contributed by atoms with Crippen LogP contribution >= 0.6 is 15.9 Å². The number of aliphatic hydroxyl groups excluding tert-OH is 1. The molecule has 25 heavy (non-hydrogen) atoms.